The molecule has 2 rings (SSSR count). The quantitative estimate of drug-likeness (QED) is 0.786. The van der Waals surface area contributed by atoms with E-state index in [1.54, 1.807) is 0 Å². The van der Waals surface area contributed by atoms with Crippen molar-refractivity contribution in [2.24, 2.45) is 5.73 Å². The summed E-state index contributed by atoms with van der Waals surface area (Å²) in [7, 11) is 0. The van der Waals surface area contributed by atoms with Crippen LogP contribution < -0.4 is 16.0 Å². The molecular weight excluding hydrogens is 206 g/mol. The maximum atomic E-state index is 11.3. The van der Waals surface area contributed by atoms with Crippen molar-refractivity contribution in [1.82, 2.24) is 9.97 Å². The maximum Gasteiger partial charge on any atom is 0.254 e. The molecule has 0 bridgehead atoms. The second-order valence-electron chi connectivity index (χ2n) is 4.13. The van der Waals surface area contributed by atoms with Gasteiger partial charge in [0.2, 0.25) is 5.88 Å². The first-order valence-electron chi connectivity index (χ1n) is 5.71. The molecule has 88 valence electrons. The van der Waals surface area contributed by atoms with Crippen LogP contribution in [0.5, 0.6) is 5.88 Å². The van der Waals surface area contributed by atoms with Crippen LogP contribution in [0.15, 0.2) is 10.9 Å². The van der Waals surface area contributed by atoms with E-state index in [0.717, 1.165) is 19.3 Å². The Kier molecular flexibility index (Phi) is 3.24. The molecule has 1 saturated carbocycles. The van der Waals surface area contributed by atoms with Gasteiger partial charge in [-0.05, 0) is 19.3 Å². The Morgan fingerprint density at radius 2 is 2.44 bits per heavy atom. The summed E-state index contributed by atoms with van der Waals surface area (Å²) >= 11 is 0. The Balaban J connectivity index is 2.14. The van der Waals surface area contributed by atoms with Crippen LogP contribution >= 0.6 is 0 Å². The fourth-order valence-corrected chi connectivity index (χ4v) is 1.97. The number of hydrogen-bond acceptors (Lipinski definition) is 4. The molecule has 2 atom stereocenters. The van der Waals surface area contributed by atoms with Crippen molar-refractivity contribution in [3.8, 4) is 5.88 Å². The molecule has 0 radical (unpaired) electrons. The molecule has 0 saturated heterocycles. The van der Waals surface area contributed by atoms with Crippen LogP contribution in [0, 0.1) is 0 Å². The lowest BCUT2D eigenvalue weighted by Gasteiger charge is -2.16. The molecule has 0 aliphatic heterocycles. The summed E-state index contributed by atoms with van der Waals surface area (Å²) in [5.74, 6) is 1.04. The standard InChI is InChI=1S/C11H17N3O2/c1-2-9-13-10(15)6-11(14-9)16-8-5-3-4-7(8)12/h6-8H,2-5,12H2,1H3,(H,13,14,15). The number of nitrogens with two attached hydrogens (primary N) is 1. The molecule has 5 heteroatoms. The highest BCUT2D eigenvalue weighted by atomic mass is 16.5. The predicted octanol–water partition coefficient (Wildman–Crippen LogP) is 0.591. The van der Waals surface area contributed by atoms with Crippen molar-refractivity contribution in [1.29, 1.82) is 0 Å². The summed E-state index contributed by atoms with van der Waals surface area (Å²) in [5, 5.41) is 0. The van der Waals surface area contributed by atoms with Gasteiger partial charge in [-0.1, -0.05) is 6.92 Å². The zero-order valence-corrected chi connectivity index (χ0v) is 9.40. The minimum Gasteiger partial charge on any atom is -0.473 e. The first-order chi connectivity index (χ1) is 7.69. The molecule has 0 aromatic carbocycles. The van der Waals surface area contributed by atoms with Gasteiger partial charge in [0, 0.05) is 12.5 Å². The van der Waals surface area contributed by atoms with Crippen LogP contribution in [0.3, 0.4) is 0 Å². The number of aryl methyl sites for hydroxylation is 1. The van der Waals surface area contributed by atoms with Gasteiger partial charge in [-0.25, -0.2) is 4.98 Å². The monoisotopic (exact) mass is 223 g/mol. The van der Waals surface area contributed by atoms with Crippen LogP contribution in [0.25, 0.3) is 0 Å². The SMILES string of the molecule is CCc1nc(OC2CCCC2N)cc(=O)[nH]1. The van der Waals surface area contributed by atoms with Crippen molar-refractivity contribution >= 4 is 0 Å². The van der Waals surface area contributed by atoms with E-state index in [1.807, 2.05) is 6.92 Å². The average molecular weight is 223 g/mol. The third kappa shape index (κ3) is 2.41. The number of nitrogens with zero attached hydrogens (tertiary/aromatic N) is 1. The van der Waals surface area contributed by atoms with Crippen LogP contribution in [-0.4, -0.2) is 22.1 Å². The Hall–Kier alpha value is -1.36. The summed E-state index contributed by atoms with van der Waals surface area (Å²) in [6.07, 6.45) is 3.68. The van der Waals surface area contributed by atoms with Crippen LogP contribution in [0.4, 0.5) is 0 Å². The molecule has 1 aromatic rings. The van der Waals surface area contributed by atoms with Gasteiger partial charge in [0.05, 0.1) is 6.07 Å². The molecule has 0 spiro atoms. The molecule has 1 aromatic heterocycles. The Bertz CT molecular complexity index is 416. The molecule has 2 unspecified atom stereocenters. The normalized spacial score (nSPS) is 24.6. The van der Waals surface area contributed by atoms with Gasteiger partial charge < -0.3 is 15.5 Å². The van der Waals surface area contributed by atoms with Crippen molar-refractivity contribution in [2.45, 2.75) is 44.8 Å². The highest BCUT2D eigenvalue weighted by Crippen LogP contribution is 2.21. The van der Waals surface area contributed by atoms with E-state index in [9.17, 15) is 4.79 Å². The Labute approximate surface area is 94.0 Å². The Morgan fingerprint density at radius 1 is 1.62 bits per heavy atom. The third-order valence-electron chi connectivity index (χ3n) is 2.88. The third-order valence-corrected chi connectivity index (χ3v) is 2.88. The fraction of sp³-hybridized carbons (Fsp3) is 0.636. The zero-order valence-electron chi connectivity index (χ0n) is 9.40. The number of H-pyrrole nitrogens is 1. The van der Waals surface area contributed by atoms with E-state index < -0.39 is 0 Å². The van der Waals surface area contributed by atoms with Gasteiger partial charge in [-0.3, -0.25) is 4.79 Å². The molecule has 1 heterocycles. The zero-order chi connectivity index (χ0) is 11.5. The van der Waals surface area contributed by atoms with Crippen molar-refractivity contribution in [3.63, 3.8) is 0 Å². The molecule has 1 aliphatic carbocycles. The van der Waals surface area contributed by atoms with Gasteiger partial charge in [0.15, 0.2) is 0 Å². The van der Waals surface area contributed by atoms with Crippen LogP contribution in [-0.2, 0) is 6.42 Å². The number of aromatic amines is 1. The van der Waals surface area contributed by atoms with Gasteiger partial charge in [0.1, 0.15) is 11.9 Å². The minimum atomic E-state index is -0.173. The van der Waals surface area contributed by atoms with Crippen molar-refractivity contribution in [2.75, 3.05) is 0 Å². The Morgan fingerprint density at radius 3 is 3.06 bits per heavy atom. The summed E-state index contributed by atoms with van der Waals surface area (Å²) in [6.45, 7) is 1.93. The summed E-state index contributed by atoms with van der Waals surface area (Å²) < 4.78 is 5.65. The highest BCUT2D eigenvalue weighted by Gasteiger charge is 2.26. The van der Waals surface area contributed by atoms with E-state index in [4.69, 9.17) is 10.5 Å². The highest BCUT2D eigenvalue weighted by molar-refractivity contribution is 5.10. The number of rotatable bonds is 3. The van der Waals surface area contributed by atoms with Crippen molar-refractivity contribution in [3.05, 3.63) is 22.2 Å². The molecule has 1 aliphatic rings. The fourth-order valence-electron chi connectivity index (χ4n) is 1.97. The van der Waals surface area contributed by atoms with Crippen LogP contribution in [0.2, 0.25) is 0 Å². The van der Waals surface area contributed by atoms with E-state index in [1.165, 1.54) is 6.07 Å². The second kappa shape index (κ2) is 4.65. The summed E-state index contributed by atoms with van der Waals surface area (Å²) in [5.41, 5.74) is 5.72. The van der Waals surface area contributed by atoms with Gasteiger partial charge in [-0.2, -0.15) is 0 Å². The lowest BCUT2D eigenvalue weighted by atomic mass is 10.2. The predicted molar refractivity (Wildman–Crippen MR) is 60.5 cm³/mol. The smallest absolute Gasteiger partial charge is 0.254 e. The van der Waals surface area contributed by atoms with Gasteiger partial charge >= 0.3 is 0 Å². The molecule has 0 amide bonds. The first-order valence-corrected chi connectivity index (χ1v) is 5.71. The molecule has 5 nitrogen and oxygen atoms in total. The average Bonchev–Trinajstić information content (AvgIpc) is 2.63. The maximum absolute atomic E-state index is 11.3. The molecule has 16 heavy (non-hydrogen) atoms. The van der Waals surface area contributed by atoms with E-state index in [0.29, 0.717) is 18.1 Å². The molecular formula is C11H17N3O2. The largest absolute Gasteiger partial charge is 0.473 e. The summed E-state index contributed by atoms with van der Waals surface area (Å²) in [6, 6.07) is 1.44. The molecule has 3 N–H and O–H groups in total. The topological polar surface area (TPSA) is 81.0 Å². The van der Waals surface area contributed by atoms with Gasteiger partial charge in [0.25, 0.3) is 5.56 Å². The lowest BCUT2D eigenvalue weighted by Crippen LogP contribution is -2.34. The number of hydrogen-bond donors (Lipinski definition) is 2. The first kappa shape index (κ1) is 11.1. The number of ether oxygens (including phenoxy) is 1. The number of nitrogens with one attached hydrogen (secondary N) is 1. The van der Waals surface area contributed by atoms with E-state index >= 15 is 0 Å². The van der Waals surface area contributed by atoms with Crippen LogP contribution in [0.1, 0.15) is 32.0 Å². The molecule has 1 fully saturated rings. The minimum absolute atomic E-state index is 0.000920. The van der Waals surface area contributed by atoms with Gasteiger partial charge in [-0.15, -0.1) is 0 Å². The lowest BCUT2D eigenvalue weighted by molar-refractivity contribution is 0.183. The van der Waals surface area contributed by atoms with Crippen molar-refractivity contribution < 1.29 is 4.74 Å². The van der Waals surface area contributed by atoms with E-state index in [2.05, 4.69) is 9.97 Å². The number of aromatic nitrogens is 2. The second-order valence-corrected chi connectivity index (χ2v) is 4.13. The van der Waals surface area contributed by atoms with E-state index in [-0.39, 0.29) is 17.7 Å². The summed E-state index contributed by atoms with van der Waals surface area (Å²) in [4.78, 5) is 18.2.